The molecule has 0 unspecified atom stereocenters. The van der Waals surface area contributed by atoms with Gasteiger partial charge in [0.2, 0.25) is 0 Å². The molecule has 0 spiro atoms. The summed E-state index contributed by atoms with van der Waals surface area (Å²) in [4.78, 5) is 36.2. The molecule has 3 rings (SSSR count). The molecule has 0 saturated heterocycles. The fraction of sp³-hybridized carbons (Fsp3) is 0.0833. The maximum atomic E-state index is 12.1. The van der Waals surface area contributed by atoms with Crippen molar-refractivity contribution in [2.45, 2.75) is 0 Å². The molecule has 3 aromatic carbocycles. The average molecular weight is 481 g/mol. The number of rotatable bonds is 8. The molecule has 0 atom stereocenters. The lowest BCUT2D eigenvalue weighted by Crippen LogP contribution is -2.32. The number of nitrogens with zero attached hydrogens (tertiary/aromatic N) is 1. The second-order valence-electron chi connectivity index (χ2n) is 6.77. The van der Waals surface area contributed by atoms with Crippen molar-refractivity contribution in [1.29, 1.82) is 0 Å². The molecule has 3 amide bonds. The Hall–Kier alpha value is -4.37. The Morgan fingerprint density at radius 3 is 2.44 bits per heavy atom. The number of hydrazone groups is 1. The van der Waals surface area contributed by atoms with Gasteiger partial charge in [-0.05, 0) is 48.5 Å². The summed E-state index contributed by atoms with van der Waals surface area (Å²) in [5.41, 5.74) is 3.63. The van der Waals surface area contributed by atoms with Crippen molar-refractivity contribution in [3.8, 4) is 11.5 Å². The van der Waals surface area contributed by atoms with E-state index in [9.17, 15) is 14.4 Å². The van der Waals surface area contributed by atoms with Gasteiger partial charge in [0.25, 0.3) is 5.91 Å². The summed E-state index contributed by atoms with van der Waals surface area (Å²) >= 11 is 5.83. The van der Waals surface area contributed by atoms with Gasteiger partial charge in [0.1, 0.15) is 11.5 Å². The number of hydrogen-bond donors (Lipinski definition) is 3. The Morgan fingerprint density at radius 2 is 1.68 bits per heavy atom. The van der Waals surface area contributed by atoms with Gasteiger partial charge < -0.3 is 20.1 Å². The number of benzene rings is 3. The summed E-state index contributed by atoms with van der Waals surface area (Å²) in [5.74, 6) is -1.31. The van der Waals surface area contributed by atoms with Crippen LogP contribution in [0.4, 0.5) is 11.4 Å². The van der Waals surface area contributed by atoms with E-state index in [1.165, 1.54) is 13.3 Å². The molecule has 3 aromatic rings. The quantitative estimate of drug-likeness (QED) is 0.259. The monoisotopic (exact) mass is 480 g/mol. The maximum absolute atomic E-state index is 12.1. The molecule has 0 fully saturated rings. The summed E-state index contributed by atoms with van der Waals surface area (Å²) in [5, 5.41) is 9.50. The molecular formula is C24H21ClN4O5. The minimum atomic E-state index is -0.959. The number of hydrogen-bond acceptors (Lipinski definition) is 6. The number of anilines is 2. The van der Waals surface area contributed by atoms with Crippen LogP contribution in [0.2, 0.25) is 5.02 Å². The Morgan fingerprint density at radius 1 is 0.912 bits per heavy atom. The Kier molecular flexibility index (Phi) is 8.59. The Bertz CT molecular complexity index is 1200. The second-order valence-corrected chi connectivity index (χ2v) is 7.20. The van der Waals surface area contributed by atoms with Gasteiger partial charge in [-0.15, -0.1) is 0 Å². The van der Waals surface area contributed by atoms with Gasteiger partial charge in [-0.3, -0.25) is 14.4 Å². The first-order valence-electron chi connectivity index (χ1n) is 10.0. The normalized spacial score (nSPS) is 10.4. The number of halogens is 1. The first kappa shape index (κ1) is 24.3. The van der Waals surface area contributed by atoms with Crippen LogP contribution in [0.3, 0.4) is 0 Å². The summed E-state index contributed by atoms with van der Waals surface area (Å²) < 4.78 is 10.6. The van der Waals surface area contributed by atoms with Crippen LogP contribution in [0.25, 0.3) is 0 Å². The number of nitrogens with one attached hydrogen (secondary N) is 3. The zero-order chi connectivity index (χ0) is 24.3. The topological polar surface area (TPSA) is 118 Å². The van der Waals surface area contributed by atoms with Crippen molar-refractivity contribution in [1.82, 2.24) is 5.43 Å². The minimum absolute atomic E-state index is 0.247. The molecule has 0 saturated carbocycles. The Balaban J connectivity index is 1.52. The molecule has 3 N–H and O–H groups in total. The number of para-hydroxylation sites is 1. The molecule has 174 valence electrons. The lowest BCUT2D eigenvalue weighted by atomic mass is 10.2. The molecular weight excluding hydrogens is 460 g/mol. The fourth-order valence-electron chi connectivity index (χ4n) is 2.69. The first-order chi connectivity index (χ1) is 16.4. The van der Waals surface area contributed by atoms with Crippen molar-refractivity contribution in [2.75, 3.05) is 24.4 Å². The van der Waals surface area contributed by atoms with E-state index in [-0.39, 0.29) is 12.5 Å². The second kappa shape index (κ2) is 12.0. The highest BCUT2D eigenvalue weighted by atomic mass is 35.5. The third kappa shape index (κ3) is 7.35. The van der Waals surface area contributed by atoms with E-state index >= 15 is 0 Å². The number of methoxy groups -OCH3 is 1. The lowest BCUT2D eigenvalue weighted by molar-refractivity contribution is -0.136. The Labute approximate surface area is 200 Å². The van der Waals surface area contributed by atoms with Gasteiger partial charge in [0, 0.05) is 28.0 Å². The fourth-order valence-corrected chi connectivity index (χ4v) is 2.82. The van der Waals surface area contributed by atoms with Crippen LogP contribution in [0, 0.1) is 0 Å². The standard InChI is InChI=1S/C24H21ClN4O5/c1-33-20-7-4-6-19(13-20)28-23(31)24(32)29-26-14-16-5-2-3-8-21(16)34-15-22(30)27-18-11-9-17(25)10-12-18/h2-14H,15H2,1H3,(H,27,30)(H,28,31)(H,29,32)/b26-14-. The van der Waals surface area contributed by atoms with E-state index in [1.54, 1.807) is 72.8 Å². The van der Waals surface area contributed by atoms with Crippen LogP contribution in [0.15, 0.2) is 77.9 Å². The molecule has 0 aliphatic rings. The largest absolute Gasteiger partial charge is 0.497 e. The lowest BCUT2D eigenvalue weighted by Gasteiger charge is -2.09. The molecule has 0 bridgehead atoms. The van der Waals surface area contributed by atoms with Crippen molar-refractivity contribution in [3.63, 3.8) is 0 Å². The van der Waals surface area contributed by atoms with Gasteiger partial charge in [-0.2, -0.15) is 5.10 Å². The maximum Gasteiger partial charge on any atom is 0.329 e. The summed E-state index contributed by atoms with van der Waals surface area (Å²) in [6.07, 6.45) is 1.31. The van der Waals surface area contributed by atoms with E-state index in [0.717, 1.165) is 0 Å². The molecule has 10 heteroatoms. The number of carbonyl (C=O) groups excluding carboxylic acids is 3. The number of ether oxygens (including phenoxy) is 2. The molecule has 0 aliphatic heterocycles. The van der Waals surface area contributed by atoms with Crippen LogP contribution in [0.5, 0.6) is 11.5 Å². The highest BCUT2D eigenvalue weighted by Gasteiger charge is 2.13. The van der Waals surface area contributed by atoms with E-state index < -0.39 is 11.8 Å². The number of amides is 3. The number of carbonyl (C=O) groups is 3. The predicted octanol–water partition coefficient (Wildman–Crippen LogP) is 3.45. The molecule has 34 heavy (non-hydrogen) atoms. The van der Waals surface area contributed by atoms with E-state index in [0.29, 0.717) is 33.5 Å². The van der Waals surface area contributed by atoms with Gasteiger partial charge in [0.05, 0.1) is 13.3 Å². The molecule has 0 radical (unpaired) electrons. The third-order valence-corrected chi connectivity index (χ3v) is 4.56. The molecule has 0 aromatic heterocycles. The zero-order valence-electron chi connectivity index (χ0n) is 18.1. The summed E-state index contributed by atoms with van der Waals surface area (Å²) in [6, 6.07) is 20.0. The van der Waals surface area contributed by atoms with Crippen molar-refractivity contribution < 1.29 is 23.9 Å². The van der Waals surface area contributed by atoms with Crippen LogP contribution in [0.1, 0.15) is 5.56 Å². The van der Waals surface area contributed by atoms with Crippen LogP contribution < -0.4 is 25.5 Å². The molecule has 0 heterocycles. The SMILES string of the molecule is COc1cccc(NC(=O)C(=O)N/N=C\c2ccccc2OCC(=O)Nc2ccc(Cl)cc2)c1. The van der Waals surface area contributed by atoms with E-state index in [1.807, 2.05) is 0 Å². The van der Waals surface area contributed by atoms with Crippen LogP contribution >= 0.6 is 11.6 Å². The van der Waals surface area contributed by atoms with Gasteiger partial charge in [0.15, 0.2) is 6.61 Å². The van der Waals surface area contributed by atoms with E-state index in [4.69, 9.17) is 21.1 Å². The highest BCUT2D eigenvalue weighted by molar-refractivity contribution is 6.39. The van der Waals surface area contributed by atoms with Crippen molar-refractivity contribution >= 4 is 46.9 Å². The molecule has 9 nitrogen and oxygen atoms in total. The minimum Gasteiger partial charge on any atom is -0.497 e. The van der Waals surface area contributed by atoms with Crippen LogP contribution in [-0.4, -0.2) is 37.7 Å². The van der Waals surface area contributed by atoms with Crippen molar-refractivity contribution in [3.05, 3.63) is 83.4 Å². The zero-order valence-corrected chi connectivity index (χ0v) is 18.8. The summed E-state index contributed by atoms with van der Waals surface area (Å²) in [7, 11) is 1.50. The van der Waals surface area contributed by atoms with Gasteiger partial charge >= 0.3 is 11.8 Å². The highest BCUT2D eigenvalue weighted by Crippen LogP contribution is 2.18. The van der Waals surface area contributed by atoms with E-state index in [2.05, 4.69) is 21.2 Å². The average Bonchev–Trinajstić information content (AvgIpc) is 2.85. The predicted molar refractivity (Wildman–Crippen MR) is 129 cm³/mol. The van der Waals surface area contributed by atoms with Gasteiger partial charge in [-0.25, -0.2) is 5.43 Å². The third-order valence-electron chi connectivity index (χ3n) is 4.31. The summed E-state index contributed by atoms with van der Waals surface area (Å²) in [6.45, 7) is -0.247. The first-order valence-corrected chi connectivity index (χ1v) is 10.4. The van der Waals surface area contributed by atoms with Gasteiger partial charge in [-0.1, -0.05) is 29.8 Å². The van der Waals surface area contributed by atoms with Crippen molar-refractivity contribution in [2.24, 2.45) is 5.10 Å². The smallest absolute Gasteiger partial charge is 0.329 e. The van der Waals surface area contributed by atoms with Crippen LogP contribution in [-0.2, 0) is 14.4 Å². The molecule has 0 aliphatic carbocycles.